The van der Waals surface area contributed by atoms with Crippen molar-refractivity contribution >= 4 is 34.6 Å². The second-order valence-electron chi connectivity index (χ2n) is 5.32. The van der Waals surface area contributed by atoms with Crippen LogP contribution in [0.25, 0.3) is 0 Å². The van der Waals surface area contributed by atoms with Gasteiger partial charge in [-0.05, 0) is 61.0 Å². The van der Waals surface area contributed by atoms with E-state index in [1.807, 2.05) is 24.3 Å². The number of hydrogen-bond donors (Lipinski definition) is 2. The lowest BCUT2D eigenvalue weighted by Gasteiger charge is -2.18. The number of halogens is 1. The Bertz CT molecular complexity index is 608. The van der Waals surface area contributed by atoms with E-state index in [4.69, 9.17) is 23.8 Å². The fourth-order valence-corrected chi connectivity index (χ4v) is 2.66. The summed E-state index contributed by atoms with van der Waals surface area (Å²) in [7, 11) is 0. The normalized spacial score (nSPS) is 11.8. The molecule has 116 valence electrons. The predicted octanol–water partition coefficient (Wildman–Crippen LogP) is 5.34. The highest BCUT2D eigenvalue weighted by atomic mass is 35.5. The molecule has 1 unspecified atom stereocenters. The number of aryl methyl sites for hydroxylation is 1. The van der Waals surface area contributed by atoms with Gasteiger partial charge in [0, 0.05) is 10.7 Å². The first kappa shape index (κ1) is 16.8. The van der Waals surface area contributed by atoms with E-state index in [2.05, 4.69) is 48.7 Å². The summed E-state index contributed by atoms with van der Waals surface area (Å²) in [6.07, 6.45) is 2.29. The first-order valence-corrected chi connectivity index (χ1v) is 8.29. The Labute approximate surface area is 142 Å². The zero-order chi connectivity index (χ0) is 15.9. The van der Waals surface area contributed by atoms with E-state index in [1.165, 1.54) is 17.5 Å². The van der Waals surface area contributed by atoms with Crippen molar-refractivity contribution < 1.29 is 0 Å². The summed E-state index contributed by atoms with van der Waals surface area (Å²) < 4.78 is 0. The minimum atomic E-state index is 0.156. The second kappa shape index (κ2) is 8.16. The molecular weight excluding hydrogens is 312 g/mol. The molecule has 2 N–H and O–H groups in total. The fourth-order valence-electron chi connectivity index (χ4n) is 2.24. The lowest BCUT2D eigenvalue weighted by molar-refractivity contribution is 0.722. The van der Waals surface area contributed by atoms with Crippen molar-refractivity contribution in [3.8, 4) is 0 Å². The molecule has 22 heavy (non-hydrogen) atoms. The first-order valence-electron chi connectivity index (χ1n) is 7.50. The molecule has 2 nitrogen and oxygen atoms in total. The second-order valence-corrected chi connectivity index (χ2v) is 6.16. The Morgan fingerprint density at radius 1 is 1.09 bits per heavy atom. The molecule has 2 aromatic rings. The summed E-state index contributed by atoms with van der Waals surface area (Å²) >= 11 is 11.2. The van der Waals surface area contributed by atoms with E-state index >= 15 is 0 Å². The van der Waals surface area contributed by atoms with Gasteiger partial charge in [0.25, 0.3) is 0 Å². The van der Waals surface area contributed by atoms with Crippen LogP contribution in [0.15, 0.2) is 48.5 Å². The molecule has 0 aromatic heterocycles. The molecule has 0 aliphatic heterocycles. The third-order valence-corrected chi connectivity index (χ3v) is 3.94. The standard InChI is InChI=1S/C18H21ClN2S/c1-3-4-14-5-7-15(8-6-14)13(2)20-18(22)21-17-11-9-16(19)10-12-17/h5-13H,3-4H2,1-2H3,(H2,20,21,22). The lowest BCUT2D eigenvalue weighted by atomic mass is 10.0. The van der Waals surface area contributed by atoms with E-state index < -0.39 is 0 Å². The minimum absolute atomic E-state index is 0.156. The molecule has 2 aromatic carbocycles. The van der Waals surface area contributed by atoms with Gasteiger partial charge in [-0.1, -0.05) is 49.2 Å². The number of benzene rings is 2. The van der Waals surface area contributed by atoms with Crippen LogP contribution in [0.3, 0.4) is 0 Å². The number of hydrogen-bond acceptors (Lipinski definition) is 1. The maximum Gasteiger partial charge on any atom is 0.171 e. The number of anilines is 1. The monoisotopic (exact) mass is 332 g/mol. The average Bonchev–Trinajstić information content (AvgIpc) is 2.50. The van der Waals surface area contributed by atoms with E-state index in [9.17, 15) is 0 Å². The third kappa shape index (κ3) is 5.00. The molecule has 0 saturated carbocycles. The smallest absolute Gasteiger partial charge is 0.171 e. The minimum Gasteiger partial charge on any atom is -0.356 e. The Hall–Kier alpha value is -1.58. The number of rotatable bonds is 5. The van der Waals surface area contributed by atoms with Crippen LogP contribution in [0.2, 0.25) is 5.02 Å². The lowest BCUT2D eigenvalue weighted by Crippen LogP contribution is -2.30. The van der Waals surface area contributed by atoms with Crippen LogP contribution in [-0.4, -0.2) is 5.11 Å². The van der Waals surface area contributed by atoms with Crippen LogP contribution in [-0.2, 0) is 6.42 Å². The molecule has 0 aliphatic rings. The predicted molar refractivity (Wildman–Crippen MR) is 99.7 cm³/mol. The number of nitrogens with one attached hydrogen (secondary N) is 2. The highest BCUT2D eigenvalue weighted by Gasteiger charge is 2.07. The van der Waals surface area contributed by atoms with E-state index in [-0.39, 0.29) is 6.04 Å². The number of thiocarbonyl (C=S) groups is 1. The summed E-state index contributed by atoms with van der Waals surface area (Å²) in [4.78, 5) is 0. The molecule has 0 saturated heterocycles. The highest BCUT2D eigenvalue weighted by Crippen LogP contribution is 2.16. The summed E-state index contributed by atoms with van der Waals surface area (Å²) in [5.41, 5.74) is 3.52. The molecule has 4 heteroatoms. The Morgan fingerprint density at radius 2 is 1.73 bits per heavy atom. The largest absolute Gasteiger partial charge is 0.356 e. The third-order valence-electron chi connectivity index (χ3n) is 3.47. The van der Waals surface area contributed by atoms with Gasteiger partial charge in [0.2, 0.25) is 0 Å². The van der Waals surface area contributed by atoms with Gasteiger partial charge in [-0.3, -0.25) is 0 Å². The quantitative estimate of drug-likeness (QED) is 0.723. The summed E-state index contributed by atoms with van der Waals surface area (Å²) in [5.74, 6) is 0. The van der Waals surface area contributed by atoms with Gasteiger partial charge in [0.05, 0.1) is 6.04 Å². The van der Waals surface area contributed by atoms with Gasteiger partial charge in [-0.2, -0.15) is 0 Å². The van der Waals surface area contributed by atoms with Crippen molar-refractivity contribution in [1.29, 1.82) is 0 Å². The molecule has 2 rings (SSSR count). The maximum atomic E-state index is 5.87. The van der Waals surface area contributed by atoms with Crippen molar-refractivity contribution in [1.82, 2.24) is 5.32 Å². The molecule has 0 bridgehead atoms. The van der Waals surface area contributed by atoms with Gasteiger partial charge >= 0.3 is 0 Å². The van der Waals surface area contributed by atoms with Crippen LogP contribution in [0.4, 0.5) is 5.69 Å². The Kier molecular flexibility index (Phi) is 6.22. The molecule has 0 amide bonds. The van der Waals surface area contributed by atoms with Crippen LogP contribution in [0.1, 0.15) is 37.4 Å². The fraction of sp³-hybridized carbons (Fsp3) is 0.278. The van der Waals surface area contributed by atoms with E-state index in [0.717, 1.165) is 12.1 Å². The van der Waals surface area contributed by atoms with Gasteiger partial charge in [-0.25, -0.2) is 0 Å². The van der Waals surface area contributed by atoms with Gasteiger partial charge < -0.3 is 10.6 Å². The Morgan fingerprint density at radius 3 is 2.32 bits per heavy atom. The molecule has 0 fully saturated rings. The zero-order valence-electron chi connectivity index (χ0n) is 12.9. The van der Waals surface area contributed by atoms with Crippen molar-refractivity contribution in [2.75, 3.05) is 5.32 Å². The van der Waals surface area contributed by atoms with E-state index in [1.54, 1.807) is 0 Å². The van der Waals surface area contributed by atoms with Crippen LogP contribution < -0.4 is 10.6 Å². The van der Waals surface area contributed by atoms with Gasteiger partial charge in [0.1, 0.15) is 0 Å². The molecule has 0 spiro atoms. The average molecular weight is 333 g/mol. The first-order chi connectivity index (χ1) is 10.6. The highest BCUT2D eigenvalue weighted by molar-refractivity contribution is 7.80. The van der Waals surface area contributed by atoms with Crippen molar-refractivity contribution in [2.45, 2.75) is 32.7 Å². The van der Waals surface area contributed by atoms with Crippen molar-refractivity contribution in [2.24, 2.45) is 0 Å². The SMILES string of the molecule is CCCc1ccc(C(C)NC(=S)Nc2ccc(Cl)cc2)cc1. The molecule has 1 atom stereocenters. The van der Waals surface area contributed by atoms with E-state index in [0.29, 0.717) is 10.1 Å². The van der Waals surface area contributed by atoms with Crippen molar-refractivity contribution in [3.05, 3.63) is 64.7 Å². The van der Waals surface area contributed by atoms with Gasteiger partial charge in [0.15, 0.2) is 5.11 Å². The van der Waals surface area contributed by atoms with Crippen molar-refractivity contribution in [3.63, 3.8) is 0 Å². The molecule has 0 heterocycles. The zero-order valence-corrected chi connectivity index (χ0v) is 14.5. The van der Waals surface area contributed by atoms with Gasteiger partial charge in [-0.15, -0.1) is 0 Å². The maximum absolute atomic E-state index is 5.87. The summed E-state index contributed by atoms with van der Waals surface area (Å²) in [6.45, 7) is 4.30. The topological polar surface area (TPSA) is 24.1 Å². The van der Waals surface area contributed by atoms with Crippen LogP contribution in [0, 0.1) is 0 Å². The molecule has 0 radical (unpaired) electrons. The van der Waals surface area contributed by atoms with Crippen LogP contribution >= 0.6 is 23.8 Å². The Balaban J connectivity index is 1.91. The summed E-state index contributed by atoms with van der Waals surface area (Å²) in [6, 6.07) is 16.3. The molecular formula is C18H21ClN2S. The summed E-state index contributed by atoms with van der Waals surface area (Å²) in [5, 5.41) is 7.78. The molecule has 0 aliphatic carbocycles. The van der Waals surface area contributed by atoms with Crippen LogP contribution in [0.5, 0.6) is 0 Å².